The van der Waals surface area contributed by atoms with Crippen LogP contribution in [0, 0.1) is 0 Å². The third-order valence-corrected chi connectivity index (χ3v) is 27.4. The van der Waals surface area contributed by atoms with Crippen molar-refractivity contribution in [2.45, 2.75) is 24.4 Å². The van der Waals surface area contributed by atoms with Gasteiger partial charge < -0.3 is 0 Å². The van der Waals surface area contributed by atoms with Crippen LogP contribution in [-0.2, 0) is 0 Å². The summed E-state index contributed by atoms with van der Waals surface area (Å²) in [6.45, 7) is 4.77. The van der Waals surface area contributed by atoms with Crippen molar-refractivity contribution in [1.29, 1.82) is 0 Å². The van der Waals surface area contributed by atoms with E-state index in [1.165, 1.54) is 22.0 Å². The molecule has 0 bridgehead atoms. The molecule has 0 nitrogen and oxygen atoms in total. The summed E-state index contributed by atoms with van der Waals surface area (Å²) in [7, 11) is 3.46. The van der Waals surface area contributed by atoms with Gasteiger partial charge in [-0.15, -0.1) is 0 Å². The Balaban J connectivity index is 2.45. The summed E-state index contributed by atoms with van der Waals surface area (Å²) in [6.07, 6.45) is 0. The molecule has 0 aromatic heterocycles. The minimum absolute atomic E-state index is 1.22. The first-order valence-corrected chi connectivity index (χ1v) is 13.7. The second-order valence-corrected chi connectivity index (χ2v) is 23.6. The molecule has 0 aromatic carbocycles. The molecular weight excluding hydrogens is 209 g/mol. The van der Waals surface area contributed by atoms with Gasteiger partial charge in [0.05, 0.1) is 0 Å². The molecule has 54 valence electrons. The van der Waals surface area contributed by atoms with E-state index < -0.39 is 11.0 Å². The molecular formula is C6H14GeS2. The Morgan fingerprint density at radius 1 is 1.11 bits per heavy atom. The van der Waals surface area contributed by atoms with E-state index in [-0.39, 0.29) is 0 Å². The third kappa shape index (κ3) is 1.84. The molecule has 0 unspecified atom stereocenters. The van der Waals surface area contributed by atoms with Gasteiger partial charge in [-0.05, 0) is 0 Å². The average Bonchev–Trinajstić information content (AvgIpc) is 2.36. The van der Waals surface area contributed by atoms with Crippen molar-refractivity contribution < 1.29 is 0 Å². The molecule has 1 saturated heterocycles. The van der Waals surface area contributed by atoms with Crippen molar-refractivity contribution in [3.05, 3.63) is 0 Å². The summed E-state index contributed by atoms with van der Waals surface area (Å²) >= 11 is 0. The number of hydrogen-bond acceptors (Lipinski definition) is 2. The molecule has 0 aliphatic carbocycles. The Morgan fingerprint density at radius 2 is 1.56 bits per heavy atom. The molecule has 0 atom stereocenters. The predicted octanol–water partition coefficient (Wildman–Crippen LogP) is 2.95. The van der Waals surface area contributed by atoms with E-state index in [9.17, 15) is 0 Å². The fourth-order valence-electron chi connectivity index (χ4n) is 1.16. The second kappa shape index (κ2) is 3.58. The summed E-state index contributed by atoms with van der Waals surface area (Å²) in [5, 5.41) is 3.04. The van der Waals surface area contributed by atoms with E-state index >= 15 is 0 Å². The monoisotopic (exact) mass is 224 g/mol. The Kier molecular flexibility index (Phi) is 3.32. The zero-order chi connectivity index (χ0) is 6.74. The molecule has 0 spiro atoms. The first kappa shape index (κ1) is 8.34. The molecule has 0 radical (unpaired) electrons. The van der Waals surface area contributed by atoms with Gasteiger partial charge in [0.1, 0.15) is 0 Å². The Labute approximate surface area is 66.9 Å². The van der Waals surface area contributed by atoms with Crippen LogP contribution in [0.1, 0.15) is 13.8 Å². The van der Waals surface area contributed by atoms with Crippen LogP contribution < -0.4 is 0 Å². The number of hydrogen-bond donors (Lipinski definition) is 0. The molecule has 1 rings (SSSR count). The maximum absolute atomic E-state index is 2.38. The van der Waals surface area contributed by atoms with Crippen molar-refractivity contribution in [1.82, 2.24) is 0 Å². The normalized spacial score (nSPS) is 24.7. The molecule has 1 fully saturated rings. The van der Waals surface area contributed by atoms with Gasteiger partial charge >= 0.3 is 67.0 Å². The minimum atomic E-state index is -1.22. The van der Waals surface area contributed by atoms with Crippen LogP contribution in [0.2, 0.25) is 10.5 Å². The molecule has 1 heterocycles. The quantitative estimate of drug-likeness (QED) is 0.660. The van der Waals surface area contributed by atoms with Crippen LogP contribution in [0.5, 0.6) is 0 Å². The Morgan fingerprint density at radius 3 is 1.78 bits per heavy atom. The van der Waals surface area contributed by atoms with E-state index in [0.717, 1.165) is 0 Å². The topological polar surface area (TPSA) is 0 Å². The molecule has 1 aliphatic rings. The first-order chi connectivity index (χ1) is 4.33. The standard InChI is InChI=1S/C6H14GeS2/c1-3-7(4-2)8-5-6-9-7/h3-6H2,1-2H3. The van der Waals surface area contributed by atoms with Gasteiger partial charge in [0.25, 0.3) is 0 Å². The van der Waals surface area contributed by atoms with Gasteiger partial charge in [0.15, 0.2) is 0 Å². The second-order valence-electron chi connectivity index (χ2n) is 2.31. The molecule has 0 N–H and O–H groups in total. The van der Waals surface area contributed by atoms with Gasteiger partial charge in [0, 0.05) is 0 Å². The summed E-state index contributed by atoms with van der Waals surface area (Å²) < 4.78 is 0. The summed E-state index contributed by atoms with van der Waals surface area (Å²) in [6, 6.07) is 0. The maximum atomic E-state index is 2.38. The van der Waals surface area contributed by atoms with Crippen molar-refractivity contribution >= 4 is 31.2 Å². The average molecular weight is 223 g/mol. The van der Waals surface area contributed by atoms with E-state index in [1.807, 2.05) is 0 Å². The summed E-state index contributed by atoms with van der Waals surface area (Å²) in [5.74, 6) is 2.90. The SMILES string of the molecule is C[CH2][Ge]1([CH2]C)[S]CC[S]1. The van der Waals surface area contributed by atoms with E-state index in [1.54, 1.807) is 0 Å². The fraction of sp³-hybridized carbons (Fsp3) is 1.00. The predicted molar refractivity (Wildman–Crippen MR) is 51.6 cm³/mol. The Hall–Kier alpha value is 1.24. The third-order valence-electron chi connectivity index (χ3n) is 1.89. The summed E-state index contributed by atoms with van der Waals surface area (Å²) in [4.78, 5) is 0. The van der Waals surface area contributed by atoms with Gasteiger partial charge in [-0.3, -0.25) is 0 Å². The van der Waals surface area contributed by atoms with Crippen LogP contribution in [-0.4, -0.2) is 22.5 Å². The first-order valence-electron chi connectivity index (χ1n) is 3.61. The van der Waals surface area contributed by atoms with E-state index in [0.29, 0.717) is 0 Å². The zero-order valence-electron chi connectivity index (χ0n) is 6.14. The van der Waals surface area contributed by atoms with Crippen LogP contribution in [0.4, 0.5) is 0 Å². The Bertz CT molecular complexity index is 83.1. The van der Waals surface area contributed by atoms with Gasteiger partial charge in [-0.25, -0.2) is 0 Å². The van der Waals surface area contributed by atoms with Crippen molar-refractivity contribution in [2.75, 3.05) is 11.5 Å². The molecule has 0 amide bonds. The van der Waals surface area contributed by atoms with Crippen LogP contribution >= 0.6 is 20.2 Å². The van der Waals surface area contributed by atoms with Crippen LogP contribution in [0.3, 0.4) is 0 Å². The van der Waals surface area contributed by atoms with Crippen molar-refractivity contribution in [2.24, 2.45) is 0 Å². The fourth-order valence-corrected chi connectivity index (χ4v) is 21.9. The molecule has 9 heavy (non-hydrogen) atoms. The summed E-state index contributed by atoms with van der Waals surface area (Å²) in [5.41, 5.74) is 0. The van der Waals surface area contributed by atoms with E-state index in [4.69, 9.17) is 0 Å². The van der Waals surface area contributed by atoms with Gasteiger partial charge in [-0.1, -0.05) is 0 Å². The van der Waals surface area contributed by atoms with Gasteiger partial charge in [0.2, 0.25) is 0 Å². The van der Waals surface area contributed by atoms with Crippen molar-refractivity contribution in [3.8, 4) is 0 Å². The zero-order valence-corrected chi connectivity index (χ0v) is 9.88. The van der Waals surface area contributed by atoms with E-state index in [2.05, 4.69) is 34.0 Å². The van der Waals surface area contributed by atoms with Crippen LogP contribution in [0.15, 0.2) is 0 Å². The number of rotatable bonds is 2. The van der Waals surface area contributed by atoms with Crippen LogP contribution in [0.25, 0.3) is 0 Å². The molecule has 0 saturated carbocycles. The molecule has 3 heteroatoms. The molecule has 1 aliphatic heterocycles. The van der Waals surface area contributed by atoms with Gasteiger partial charge in [-0.2, -0.15) is 0 Å². The van der Waals surface area contributed by atoms with Crippen molar-refractivity contribution in [3.63, 3.8) is 0 Å². The molecule has 0 aromatic rings.